The summed E-state index contributed by atoms with van der Waals surface area (Å²) in [7, 11) is 0. The van der Waals surface area contributed by atoms with Gasteiger partial charge in [0.05, 0.1) is 12.2 Å². The van der Waals surface area contributed by atoms with Crippen LogP contribution in [-0.2, 0) is 9.53 Å². The number of unbranched alkanes of at least 4 members (excludes halogenated alkanes) is 9. The molecule has 27 heavy (non-hydrogen) atoms. The number of carbonyl (C=O) groups is 2. The number of aliphatic hydroxyl groups excluding tert-OH is 1. The molecule has 0 bridgehead atoms. The van der Waals surface area contributed by atoms with Gasteiger partial charge in [-0.1, -0.05) is 64.7 Å². The van der Waals surface area contributed by atoms with Crippen LogP contribution in [0, 0.1) is 0 Å². The Morgan fingerprint density at radius 2 is 1.59 bits per heavy atom. The van der Waals surface area contributed by atoms with Gasteiger partial charge in [-0.2, -0.15) is 0 Å². The van der Waals surface area contributed by atoms with Crippen LogP contribution in [0.1, 0.15) is 88.4 Å². The summed E-state index contributed by atoms with van der Waals surface area (Å²) in [6, 6.07) is 3.08. The molecule has 0 aliphatic carbocycles. The molecule has 6 nitrogen and oxygen atoms in total. The SMILES string of the molecule is CCCCCCCCCCCCOC(=O)C(C)O.O=C(O)c1cccnc1. The molecule has 0 aromatic carbocycles. The average Bonchev–Trinajstić information content (AvgIpc) is 2.67. The topological polar surface area (TPSA) is 96.7 Å². The van der Waals surface area contributed by atoms with E-state index in [1.807, 2.05) is 0 Å². The lowest BCUT2D eigenvalue weighted by molar-refractivity contribution is -0.152. The van der Waals surface area contributed by atoms with Crippen molar-refractivity contribution in [2.45, 2.75) is 84.2 Å². The number of nitrogens with zero attached hydrogens (tertiary/aromatic N) is 1. The standard InChI is InChI=1S/C15H30O3.C6H5NO2/c1-3-4-5-6-7-8-9-10-11-12-13-18-15(17)14(2)16;8-6(9)5-2-1-3-7-4-5/h14,16H,3-13H2,1-2H3;1-4H,(H,8,9). The van der Waals surface area contributed by atoms with Gasteiger partial charge in [-0.3, -0.25) is 4.98 Å². The van der Waals surface area contributed by atoms with E-state index in [1.54, 1.807) is 6.07 Å². The molecule has 6 heteroatoms. The van der Waals surface area contributed by atoms with E-state index in [-0.39, 0.29) is 5.56 Å². The zero-order valence-corrected chi connectivity index (χ0v) is 16.7. The van der Waals surface area contributed by atoms with Crippen LogP contribution in [0.4, 0.5) is 0 Å². The highest BCUT2D eigenvalue weighted by Gasteiger charge is 2.08. The van der Waals surface area contributed by atoms with Gasteiger partial charge in [-0.25, -0.2) is 9.59 Å². The van der Waals surface area contributed by atoms with Crippen molar-refractivity contribution in [3.8, 4) is 0 Å². The number of esters is 1. The van der Waals surface area contributed by atoms with Crippen molar-refractivity contribution in [2.75, 3.05) is 6.61 Å². The molecule has 1 heterocycles. The minimum Gasteiger partial charge on any atom is -0.478 e. The zero-order valence-electron chi connectivity index (χ0n) is 16.7. The maximum absolute atomic E-state index is 10.9. The van der Waals surface area contributed by atoms with E-state index in [2.05, 4.69) is 11.9 Å². The van der Waals surface area contributed by atoms with E-state index in [0.29, 0.717) is 6.61 Å². The highest BCUT2D eigenvalue weighted by molar-refractivity contribution is 5.86. The molecule has 1 atom stereocenters. The van der Waals surface area contributed by atoms with Crippen molar-refractivity contribution in [3.63, 3.8) is 0 Å². The van der Waals surface area contributed by atoms with Crippen molar-refractivity contribution < 1.29 is 24.5 Å². The number of hydrogen-bond donors (Lipinski definition) is 2. The number of rotatable bonds is 13. The van der Waals surface area contributed by atoms with Crippen LogP contribution in [0.25, 0.3) is 0 Å². The fraction of sp³-hybridized carbons (Fsp3) is 0.667. The van der Waals surface area contributed by atoms with Crippen molar-refractivity contribution >= 4 is 11.9 Å². The summed E-state index contributed by atoms with van der Waals surface area (Å²) in [6.45, 7) is 4.12. The highest BCUT2D eigenvalue weighted by Crippen LogP contribution is 2.10. The van der Waals surface area contributed by atoms with Crippen LogP contribution in [0.3, 0.4) is 0 Å². The lowest BCUT2D eigenvalue weighted by atomic mass is 10.1. The Bertz CT molecular complexity index is 491. The summed E-state index contributed by atoms with van der Waals surface area (Å²) in [5.41, 5.74) is 0.220. The Morgan fingerprint density at radius 1 is 1.04 bits per heavy atom. The molecule has 1 aromatic rings. The first-order valence-corrected chi connectivity index (χ1v) is 9.97. The van der Waals surface area contributed by atoms with E-state index in [9.17, 15) is 9.59 Å². The third kappa shape index (κ3) is 16.0. The first kappa shape index (κ1) is 25.1. The minimum absolute atomic E-state index is 0.220. The molecule has 0 saturated heterocycles. The molecule has 0 aliphatic rings. The van der Waals surface area contributed by atoms with Crippen molar-refractivity contribution in [2.24, 2.45) is 0 Å². The van der Waals surface area contributed by atoms with E-state index < -0.39 is 18.0 Å². The summed E-state index contributed by atoms with van der Waals surface area (Å²) >= 11 is 0. The summed E-state index contributed by atoms with van der Waals surface area (Å²) in [4.78, 5) is 24.7. The quantitative estimate of drug-likeness (QED) is 0.382. The fourth-order valence-corrected chi connectivity index (χ4v) is 2.37. The Balaban J connectivity index is 0.000000621. The number of pyridine rings is 1. The molecule has 1 aromatic heterocycles. The molecule has 0 fully saturated rings. The van der Waals surface area contributed by atoms with Crippen LogP contribution in [-0.4, -0.2) is 39.8 Å². The molecule has 0 amide bonds. The van der Waals surface area contributed by atoms with Gasteiger partial charge < -0.3 is 14.9 Å². The molecule has 0 aliphatic heterocycles. The third-order valence-electron chi connectivity index (χ3n) is 3.99. The first-order valence-electron chi connectivity index (χ1n) is 9.97. The van der Waals surface area contributed by atoms with Crippen LogP contribution in [0.15, 0.2) is 24.5 Å². The van der Waals surface area contributed by atoms with E-state index >= 15 is 0 Å². The van der Waals surface area contributed by atoms with Crippen molar-refractivity contribution in [1.29, 1.82) is 0 Å². The molecule has 1 rings (SSSR count). The summed E-state index contributed by atoms with van der Waals surface area (Å²) in [5, 5.41) is 17.3. The predicted octanol–water partition coefficient (Wildman–Crippen LogP) is 4.61. The van der Waals surface area contributed by atoms with Crippen LogP contribution in [0.5, 0.6) is 0 Å². The number of carboxylic acid groups (broad SMARTS) is 1. The van der Waals surface area contributed by atoms with Gasteiger partial charge in [-0.15, -0.1) is 0 Å². The Kier molecular flexibility index (Phi) is 16.2. The summed E-state index contributed by atoms with van der Waals surface area (Å²) < 4.78 is 4.89. The Morgan fingerprint density at radius 3 is 2.00 bits per heavy atom. The Labute approximate surface area is 163 Å². The minimum atomic E-state index is -0.992. The smallest absolute Gasteiger partial charge is 0.337 e. The van der Waals surface area contributed by atoms with Crippen LogP contribution < -0.4 is 0 Å². The number of aliphatic hydroxyl groups is 1. The monoisotopic (exact) mass is 381 g/mol. The molecular formula is C21H35NO5. The van der Waals surface area contributed by atoms with E-state index in [4.69, 9.17) is 14.9 Å². The van der Waals surface area contributed by atoms with Crippen LogP contribution >= 0.6 is 0 Å². The number of ether oxygens (including phenoxy) is 1. The molecule has 0 radical (unpaired) electrons. The maximum Gasteiger partial charge on any atom is 0.337 e. The zero-order chi connectivity index (χ0) is 20.3. The number of carbonyl (C=O) groups excluding carboxylic acids is 1. The fourth-order valence-electron chi connectivity index (χ4n) is 2.37. The second kappa shape index (κ2) is 17.5. The van der Waals surface area contributed by atoms with Gasteiger partial charge in [0.15, 0.2) is 0 Å². The highest BCUT2D eigenvalue weighted by atomic mass is 16.5. The predicted molar refractivity (Wildman–Crippen MR) is 106 cm³/mol. The molecule has 0 saturated carbocycles. The maximum atomic E-state index is 10.9. The number of carboxylic acids is 1. The van der Waals surface area contributed by atoms with Crippen LogP contribution in [0.2, 0.25) is 0 Å². The molecule has 1 unspecified atom stereocenters. The van der Waals surface area contributed by atoms with Gasteiger partial charge in [-0.05, 0) is 25.5 Å². The second-order valence-electron chi connectivity index (χ2n) is 6.57. The van der Waals surface area contributed by atoms with Gasteiger partial charge in [0.1, 0.15) is 6.10 Å². The third-order valence-corrected chi connectivity index (χ3v) is 3.99. The lowest BCUT2D eigenvalue weighted by Crippen LogP contribution is -2.19. The molecule has 2 N–H and O–H groups in total. The van der Waals surface area contributed by atoms with E-state index in [0.717, 1.165) is 12.8 Å². The van der Waals surface area contributed by atoms with Gasteiger partial charge in [0.2, 0.25) is 0 Å². The average molecular weight is 382 g/mol. The first-order chi connectivity index (χ1) is 13.0. The van der Waals surface area contributed by atoms with Gasteiger partial charge in [0, 0.05) is 12.4 Å². The van der Waals surface area contributed by atoms with Crippen molar-refractivity contribution in [1.82, 2.24) is 4.98 Å². The molecular weight excluding hydrogens is 346 g/mol. The summed E-state index contributed by atoms with van der Waals surface area (Å²) in [6.07, 6.45) is 14.5. The van der Waals surface area contributed by atoms with Crippen molar-refractivity contribution in [3.05, 3.63) is 30.1 Å². The normalized spacial score (nSPS) is 11.2. The summed E-state index contributed by atoms with van der Waals surface area (Å²) in [5.74, 6) is -1.45. The lowest BCUT2D eigenvalue weighted by Gasteiger charge is -2.06. The molecule has 0 spiro atoms. The second-order valence-corrected chi connectivity index (χ2v) is 6.57. The number of hydrogen-bond acceptors (Lipinski definition) is 5. The largest absolute Gasteiger partial charge is 0.478 e. The van der Waals surface area contributed by atoms with Gasteiger partial charge in [0.25, 0.3) is 0 Å². The Hall–Kier alpha value is -1.95. The van der Waals surface area contributed by atoms with E-state index in [1.165, 1.54) is 76.8 Å². The number of aromatic carboxylic acids is 1. The molecule has 154 valence electrons. The van der Waals surface area contributed by atoms with Gasteiger partial charge >= 0.3 is 11.9 Å². The number of aromatic nitrogens is 1.